The van der Waals surface area contributed by atoms with Gasteiger partial charge in [-0.15, -0.1) is 0 Å². The van der Waals surface area contributed by atoms with E-state index in [4.69, 9.17) is 0 Å². The minimum absolute atomic E-state index is 0. The highest BCUT2D eigenvalue weighted by atomic mass is 79.9. The maximum atomic E-state index is 14.8. The molecule has 0 aliphatic heterocycles. The number of rotatable bonds is 8. The van der Waals surface area contributed by atoms with Crippen molar-refractivity contribution in [2.45, 2.75) is 24.6 Å². The van der Waals surface area contributed by atoms with Crippen LogP contribution in [0.3, 0.4) is 0 Å². The van der Waals surface area contributed by atoms with Crippen molar-refractivity contribution in [3.63, 3.8) is 0 Å². The maximum Gasteiger partial charge on any atom is 0.130 e. The van der Waals surface area contributed by atoms with Crippen LogP contribution in [0.1, 0.15) is 22.3 Å². The Hall–Kier alpha value is -2.49. The fourth-order valence-corrected chi connectivity index (χ4v) is 8.87. The molecular formula is C28H24BrF4P. The second-order valence-corrected chi connectivity index (χ2v) is 12.3. The molecule has 0 spiro atoms. The average molecular weight is 547 g/mol. The molecular weight excluding hydrogens is 523 g/mol. The fraction of sp³-hybridized carbons (Fsp3) is 0.143. The summed E-state index contributed by atoms with van der Waals surface area (Å²) in [6.07, 6.45) is 1.21. The van der Waals surface area contributed by atoms with E-state index in [1.165, 1.54) is 24.3 Å². The van der Waals surface area contributed by atoms with Crippen molar-refractivity contribution in [2.24, 2.45) is 0 Å². The Bertz CT molecular complexity index is 1050. The molecule has 0 saturated heterocycles. The van der Waals surface area contributed by atoms with E-state index in [-0.39, 0.29) is 40.3 Å². The van der Waals surface area contributed by atoms with Gasteiger partial charge in [0, 0.05) is 29.5 Å². The molecule has 0 fully saturated rings. The molecule has 0 amide bonds. The Morgan fingerprint density at radius 3 is 0.794 bits per heavy atom. The molecule has 6 heteroatoms. The second-order valence-electron chi connectivity index (χ2n) is 8.34. The number of benzene rings is 4. The minimum atomic E-state index is -2.45. The van der Waals surface area contributed by atoms with Gasteiger partial charge < -0.3 is 17.0 Å². The van der Waals surface area contributed by atoms with Crippen LogP contribution >= 0.6 is 7.26 Å². The van der Waals surface area contributed by atoms with Crippen molar-refractivity contribution in [3.05, 3.63) is 143 Å². The lowest BCUT2D eigenvalue weighted by atomic mass is 10.2. The zero-order chi connectivity index (χ0) is 23.3. The summed E-state index contributed by atoms with van der Waals surface area (Å²) in [5, 5.41) is 0. The Kier molecular flexibility index (Phi) is 9.04. The van der Waals surface area contributed by atoms with E-state index >= 15 is 0 Å². The number of hydrogen-bond acceptors (Lipinski definition) is 0. The predicted octanol–water partition coefficient (Wildman–Crippen LogP) is 5.37. The molecule has 176 valence electrons. The number of hydrogen-bond donors (Lipinski definition) is 0. The van der Waals surface area contributed by atoms with Crippen LogP contribution < -0.4 is 17.0 Å². The van der Waals surface area contributed by atoms with Gasteiger partial charge in [0.05, 0.1) is 24.6 Å². The van der Waals surface area contributed by atoms with Crippen LogP contribution in [-0.4, -0.2) is 0 Å². The van der Waals surface area contributed by atoms with Crippen molar-refractivity contribution >= 4 is 7.26 Å². The zero-order valence-electron chi connectivity index (χ0n) is 18.4. The molecule has 0 bridgehead atoms. The third-order valence-electron chi connectivity index (χ3n) is 5.85. The van der Waals surface area contributed by atoms with E-state index in [1.807, 2.05) is 0 Å². The van der Waals surface area contributed by atoms with Gasteiger partial charge in [-0.1, -0.05) is 72.8 Å². The lowest BCUT2D eigenvalue weighted by Crippen LogP contribution is -3.00. The van der Waals surface area contributed by atoms with Crippen molar-refractivity contribution in [2.75, 3.05) is 0 Å². The molecule has 4 rings (SSSR count). The van der Waals surface area contributed by atoms with Gasteiger partial charge >= 0.3 is 0 Å². The Labute approximate surface area is 208 Å². The van der Waals surface area contributed by atoms with Gasteiger partial charge in [0.15, 0.2) is 0 Å². The second kappa shape index (κ2) is 11.8. The molecule has 0 nitrogen and oxygen atoms in total. The molecule has 0 N–H and O–H groups in total. The summed E-state index contributed by atoms with van der Waals surface area (Å²) in [6.45, 7) is 0. The van der Waals surface area contributed by atoms with Crippen molar-refractivity contribution in [1.82, 2.24) is 0 Å². The van der Waals surface area contributed by atoms with Gasteiger partial charge in [0.25, 0.3) is 0 Å². The zero-order valence-corrected chi connectivity index (χ0v) is 20.9. The summed E-state index contributed by atoms with van der Waals surface area (Å²) >= 11 is 0. The van der Waals surface area contributed by atoms with Crippen molar-refractivity contribution < 1.29 is 34.5 Å². The summed E-state index contributed by atoms with van der Waals surface area (Å²) < 4.78 is 59.1. The highest BCUT2D eigenvalue weighted by Gasteiger charge is 2.41. The van der Waals surface area contributed by atoms with Crippen LogP contribution in [-0.2, 0) is 24.6 Å². The standard InChI is InChI=1S/C28H24F4P.BrH/c29-25-13-5-1-9-21(25)17-33(18-22-10-2-6-14-26(22)30,19-23-11-3-7-15-27(23)31)20-24-12-4-8-16-28(24)32;/h1-16H,17-20H2;1H/q+1;/p-1. The van der Waals surface area contributed by atoms with Crippen LogP contribution in [0.25, 0.3) is 0 Å². The molecule has 0 radical (unpaired) electrons. The molecule has 0 aliphatic rings. The molecule has 0 heterocycles. The van der Waals surface area contributed by atoms with E-state index in [9.17, 15) is 17.6 Å². The van der Waals surface area contributed by atoms with Gasteiger partial charge in [0.2, 0.25) is 0 Å². The van der Waals surface area contributed by atoms with Crippen molar-refractivity contribution in [1.29, 1.82) is 0 Å². The van der Waals surface area contributed by atoms with Crippen LogP contribution in [0.2, 0.25) is 0 Å². The Morgan fingerprint density at radius 2 is 0.588 bits per heavy atom. The first-order valence-electron chi connectivity index (χ1n) is 10.7. The van der Waals surface area contributed by atoms with E-state index in [1.54, 1.807) is 72.8 Å². The van der Waals surface area contributed by atoms with E-state index in [0.717, 1.165) is 0 Å². The lowest BCUT2D eigenvalue weighted by Gasteiger charge is -2.29. The normalized spacial score (nSPS) is 11.2. The molecule has 4 aromatic carbocycles. The topological polar surface area (TPSA) is 0 Å². The van der Waals surface area contributed by atoms with Gasteiger partial charge in [-0.2, -0.15) is 0 Å². The van der Waals surface area contributed by atoms with Gasteiger partial charge in [0.1, 0.15) is 23.3 Å². The summed E-state index contributed by atoms with van der Waals surface area (Å²) in [5.74, 6) is -1.45. The largest absolute Gasteiger partial charge is 1.00 e. The van der Waals surface area contributed by atoms with Crippen molar-refractivity contribution in [3.8, 4) is 0 Å². The van der Waals surface area contributed by atoms with E-state index in [2.05, 4.69) is 0 Å². The Morgan fingerprint density at radius 1 is 0.382 bits per heavy atom. The monoisotopic (exact) mass is 546 g/mol. The van der Waals surface area contributed by atoms with Gasteiger partial charge in [-0.25, -0.2) is 17.6 Å². The molecule has 0 aromatic heterocycles. The highest BCUT2D eigenvalue weighted by Crippen LogP contribution is 2.69. The molecule has 0 aliphatic carbocycles. The SMILES string of the molecule is Fc1ccccc1C[P+](Cc1ccccc1F)(Cc1ccccc1F)Cc1ccccc1F.[Br-]. The number of halogens is 5. The van der Waals surface area contributed by atoms with E-state index < -0.39 is 7.26 Å². The summed E-state index contributed by atoms with van der Waals surface area (Å²) in [5.41, 5.74) is 1.93. The quantitative estimate of drug-likeness (QED) is 0.206. The Balaban J connectivity index is 0.00000324. The van der Waals surface area contributed by atoms with Gasteiger partial charge in [-0.3, -0.25) is 0 Å². The fourth-order valence-electron chi connectivity index (χ4n) is 4.29. The summed E-state index contributed by atoms with van der Waals surface area (Å²) in [4.78, 5) is 0. The summed E-state index contributed by atoms with van der Waals surface area (Å²) in [7, 11) is -2.45. The average Bonchev–Trinajstić information content (AvgIpc) is 2.80. The first kappa shape index (κ1) is 26.1. The molecule has 4 aromatic rings. The summed E-state index contributed by atoms with van der Waals surface area (Å²) in [6, 6.07) is 25.8. The van der Waals surface area contributed by atoms with E-state index in [0.29, 0.717) is 46.9 Å². The van der Waals surface area contributed by atoms with Crippen LogP contribution in [0.4, 0.5) is 17.6 Å². The van der Waals surface area contributed by atoms with Gasteiger partial charge in [-0.05, 0) is 24.3 Å². The maximum absolute atomic E-state index is 14.8. The molecule has 0 saturated carbocycles. The van der Waals surface area contributed by atoms with Crippen LogP contribution in [0.5, 0.6) is 0 Å². The molecule has 0 atom stereocenters. The van der Waals surface area contributed by atoms with Crippen LogP contribution in [0.15, 0.2) is 97.1 Å². The smallest absolute Gasteiger partial charge is 0.130 e. The third-order valence-corrected chi connectivity index (χ3v) is 9.90. The first-order chi connectivity index (χ1) is 16.0. The highest BCUT2D eigenvalue weighted by molar-refractivity contribution is 7.72. The lowest BCUT2D eigenvalue weighted by molar-refractivity contribution is -0.00000902. The van der Waals surface area contributed by atoms with Crippen LogP contribution in [0, 0.1) is 23.3 Å². The predicted molar refractivity (Wildman–Crippen MR) is 127 cm³/mol. The molecule has 0 unspecified atom stereocenters. The first-order valence-corrected chi connectivity index (χ1v) is 13.3. The minimum Gasteiger partial charge on any atom is -1.00 e. The third kappa shape index (κ3) is 6.34. The molecule has 34 heavy (non-hydrogen) atoms.